The van der Waals surface area contributed by atoms with Crippen LogP contribution in [-0.2, 0) is 6.54 Å². The quantitative estimate of drug-likeness (QED) is 0.922. The summed E-state index contributed by atoms with van der Waals surface area (Å²) in [6, 6.07) is 3.31. The molecule has 1 N–H and O–H groups in total. The van der Waals surface area contributed by atoms with Crippen molar-refractivity contribution in [1.82, 2.24) is 14.9 Å². The van der Waals surface area contributed by atoms with Crippen LogP contribution in [0.3, 0.4) is 0 Å². The molecule has 6 nitrogen and oxygen atoms in total. The van der Waals surface area contributed by atoms with Gasteiger partial charge in [-0.05, 0) is 26.0 Å². The van der Waals surface area contributed by atoms with Crippen LogP contribution < -0.4 is 10.1 Å². The lowest BCUT2D eigenvalue weighted by Crippen LogP contribution is -2.30. The highest BCUT2D eigenvalue weighted by Crippen LogP contribution is 2.21. The van der Waals surface area contributed by atoms with Crippen LogP contribution in [0.2, 0.25) is 0 Å². The van der Waals surface area contributed by atoms with Gasteiger partial charge >= 0.3 is 6.03 Å². The number of carbonyl (C=O) groups excluding carboxylic acids is 1. The number of ether oxygens (including phenoxy) is 1. The molecule has 0 aliphatic rings. The normalized spacial score (nSPS) is 10.2. The average molecular weight is 306 g/mol. The molecule has 0 saturated heterocycles. The number of hydrogen-bond acceptors (Lipinski definition) is 5. The molecule has 0 radical (unpaired) electrons. The van der Waals surface area contributed by atoms with Crippen LogP contribution in [0.25, 0.3) is 0 Å². The molecule has 0 unspecified atom stereocenters. The lowest BCUT2D eigenvalue weighted by Gasteiger charge is -2.18. The monoisotopic (exact) mass is 306 g/mol. The molecular weight excluding hydrogens is 288 g/mol. The van der Waals surface area contributed by atoms with Crippen molar-refractivity contribution >= 4 is 23.1 Å². The fourth-order valence-electron chi connectivity index (χ4n) is 1.73. The Morgan fingerprint density at radius 1 is 1.48 bits per heavy atom. The predicted octanol–water partition coefficient (Wildman–Crippen LogP) is 2.91. The van der Waals surface area contributed by atoms with Crippen molar-refractivity contribution in [2.24, 2.45) is 0 Å². The Bertz CT molecular complexity index is 615. The predicted molar refractivity (Wildman–Crippen MR) is 82.7 cm³/mol. The summed E-state index contributed by atoms with van der Waals surface area (Å²) in [5.41, 5.74) is 0.566. The van der Waals surface area contributed by atoms with E-state index in [2.05, 4.69) is 15.3 Å². The smallest absolute Gasteiger partial charge is 0.322 e. The average Bonchev–Trinajstić information content (AvgIpc) is 2.86. The minimum absolute atomic E-state index is 0.213. The second-order valence-corrected chi connectivity index (χ2v) is 5.74. The number of nitrogens with one attached hydrogen (secondary N) is 1. The van der Waals surface area contributed by atoms with Gasteiger partial charge in [0.1, 0.15) is 5.69 Å². The maximum absolute atomic E-state index is 12.2. The first-order valence-electron chi connectivity index (χ1n) is 6.61. The molecule has 7 heteroatoms. The van der Waals surface area contributed by atoms with Crippen LogP contribution in [0, 0.1) is 6.92 Å². The third-order valence-corrected chi connectivity index (χ3v) is 3.60. The molecule has 0 fully saturated rings. The maximum atomic E-state index is 12.2. The fourth-order valence-corrected chi connectivity index (χ4v) is 2.58. The van der Waals surface area contributed by atoms with Crippen LogP contribution in [-0.4, -0.2) is 34.6 Å². The van der Waals surface area contributed by atoms with Gasteiger partial charge in [0.2, 0.25) is 5.88 Å². The topological polar surface area (TPSA) is 67.3 Å². The number of aryl methyl sites for hydroxylation is 1. The zero-order valence-corrected chi connectivity index (χ0v) is 13.1. The summed E-state index contributed by atoms with van der Waals surface area (Å²) < 4.78 is 5.39. The van der Waals surface area contributed by atoms with Gasteiger partial charge in [-0.25, -0.2) is 14.8 Å². The van der Waals surface area contributed by atoms with E-state index in [9.17, 15) is 4.79 Å². The zero-order chi connectivity index (χ0) is 15.2. The molecule has 2 amide bonds. The molecule has 0 spiro atoms. The van der Waals surface area contributed by atoms with E-state index >= 15 is 0 Å². The van der Waals surface area contributed by atoms with Gasteiger partial charge in [0.15, 0.2) is 0 Å². The largest absolute Gasteiger partial charge is 0.476 e. The molecule has 21 heavy (non-hydrogen) atoms. The minimum Gasteiger partial charge on any atom is -0.476 e. The first-order valence-corrected chi connectivity index (χ1v) is 7.43. The number of anilines is 1. The Hall–Kier alpha value is -2.15. The van der Waals surface area contributed by atoms with Gasteiger partial charge in [-0.1, -0.05) is 0 Å². The van der Waals surface area contributed by atoms with E-state index < -0.39 is 0 Å². The molecule has 0 aromatic carbocycles. The standard InChI is InChI=1S/C14H18N4O2S/c1-4-20-13-12(6-5-7-15-13)17-14(19)18(3)9-11-8-16-10(2)21-11/h5-8H,4,9H2,1-3H3,(H,17,19). The molecule has 112 valence electrons. The Morgan fingerprint density at radius 3 is 2.95 bits per heavy atom. The van der Waals surface area contributed by atoms with E-state index in [0.29, 0.717) is 24.7 Å². The lowest BCUT2D eigenvalue weighted by atomic mass is 10.4. The number of rotatable bonds is 5. The third-order valence-electron chi connectivity index (χ3n) is 2.70. The van der Waals surface area contributed by atoms with E-state index in [4.69, 9.17) is 4.74 Å². The summed E-state index contributed by atoms with van der Waals surface area (Å²) in [6.45, 7) is 4.83. The molecular formula is C14H18N4O2S. The van der Waals surface area contributed by atoms with Crippen molar-refractivity contribution < 1.29 is 9.53 Å². The van der Waals surface area contributed by atoms with Crippen LogP contribution in [0.4, 0.5) is 10.5 Å². The van der Waals surface area contributed by atoms with Gasteiger partial charge in [-0.3, -0.25) is 0 Å². The van der Waals surface area contributed by atoms with Crippen molar-refractivity contribution in [3.8, 4) is 5.88 Å². The van der Waals surface area contributed by atoms with Gasteiger partial charge in [0.25, 0.3) is 0 Å². The molecule has 0 aliphatic heterocycles. The lowest BCUT2D eigenvalue weighted by molar-refractivity contribution is 0.221. The van der Waals surface area contributed by atoms with Crippen LogP contribution in [0.5, 0.6) is 5.88 Å². The van der Waals surface area contributed by atoms with Crippen LogP contribution in [0.15, 0.2) is 24.5 Å². The van der Waals surface area contributed by atoms with Crippen molar-refractivity contribution in [2.45, 2.75) is 20.4 Å². The van der Waals surface area contributed by atoms with Crippen molar-refractivity contribution in [3.63, 3.8) is 0 Å². The van der Waals surface area contributed by atoms with Gasteiger partial charge in [0, 0.05) is 24.3 Å². The molecule has 0 aliphatic carbocycles. The van der Waals surface area contributed by atoms with Gasteiger partial charge < -0.3 is 15.0 Å². The number of hydrogen-bond donors (Lipinski definition) is 1. The number of amides is 2. The Balaban J connectivity index is 2.00. The Morgan fingerprint density at radius 2 is 2.29 bits per heavy atom. The van der Waals surface area contributed by atoms with Gasteiger partial charge in [-0.15, -0.1) is 11.3 Å². The molecule has 0 bridgehead atoms. The summed E-state index contributed by atoms with van der Waals surface area (Å²) in [6.07, 6.45) is 3.42. The third kappa shape index (κ3) is 4.16. The minimum atomic E-state index is -0.213. The van der Waals surface area contributed by atoms with Crippen molar-refractivity contribution in [1.29, 1.82) is 0 Å². The highest BCUT2D eigenvalue weighted by atomic mass is 32.1. The summed E-state index contributed by atoms with van der Waals surface area (Å²) in [5.74, 6) is 0.426. The first kappa shape index (κ1) is 15.2. The summed E-state index contributed by atoms with van der Waals surface area (Å²) in [7, 11) is 1.74. The molecule has 0 atom stereocenters. The van der Waals surface area contributed by atoms with Gasteiger partial charge in [-0.2, -0.15) is 0 Å². The summed E-state index contributed by atoms with van der Waals surface area (Å²) >= 11 is 1.58. The number of aromatic nitrogens is 2. The second kappa shape index (κ2) is 7.03. The van der Waals surface area contributed by atoms with E-state index in [1.165, 1.54) is 0 Å². The van der Waals surface area contributed by atoms with Crippen LogP contribution in [0.1, 0.15) is 16.8 Å². The molecule has 0 saturated carbocycles. The highest BCUT2D eigenvalue weighted by molar-refractivity contribution is 7.11. The summed E-state index contributed by atoms with van der Waals surface area (Å²) in [5, 5.41) is 3.80. The summed E-state index contributed by atoms with van der Waals surface area (Å²) in [4.78, 5) is 23.1. The maximum Gasteiger partial charge on any atom is 0.322 e. The van der Waals surface area contributed by atoms with E-state index in [0.717, 1.165) is 9.88 Å². The fraction of sp³-hybridized carbons (Fsp3) is 0.357. The van der Waals surface area contributed by atoms with E-state index in [-0.39, 0.29) is 6.03 Å². The first-order chi connectivity index (χ1) is 10.1. The Kier molecular flexibility index (Phi) is 5.10. The number of thiazole rings is 1. The van der Waals surface area contributed by atoms with Gasteiger partial charge in [0.05, 0.1) is 18.2 Å². The molecule has 2 rings (SSSR count). The SMILES string of the molecule is CCOc1ncccc1NC(=O)N(C)Cc1cnc(C)s1. The van der Waals surface area contributed by atoms with Crippen LogP contribution >= 0.6 is 11.3 Å². The molecule has 2 aromatic rings. The molecule has 2 aromatic heterocycles. The highest BCUT2D eigenvalue weighted by Gasteiger charge is 2.13. The van der Waals surface area contributed by atoms with Crippen molar-refractivity contribution in [2.75, 3.05) is 19.0 Å². The number of pyridine rings is 1. The number of carbonyl (C=O) groups is 1. The van der Waals surface area contributed by atoms with E-state index in [1.54, 1.807) is 47.8 Å². The van der Waals surface area contributed by atoms with E-state index in [1.807, 2.05) is 13.8 Å². The van der Waals surface area contributed by atoms with Crippen molar-refractivity contribution in [3.05, 3.63) is 34.4 Å². The second-order valence-electron chi connectivity index (χ2n) is 4.42. The Labute approximate surface area is 127 Å². The molecule has 2 heterocycles. The zero-order valence-electron chi connectivity index (χ0n) is 12.3. The number of urea groups is 1. The number of nitrogens with zero attached hydrogens (tertiary/aromatic N) is 3.